The number of carbonyl (C=O) groups excluding carboxylic acids is 1. The molecule has 0 saturated carbocycles. The molecule has 1 N–H and O–H groups in total. The zero-order valence-corrected chi connectivity index (χ0v) is 18.8. The number of aliphatic carboxylic acids is 1. The standard InChI is InChI=1S/C25H23Cl2NO3/c1-16-10-19(13-21(27)11-16)15-28(24(29)22-9-8-20(26)12-17(22)2)23(25(30)31)14-18-6-4-3-5-7-18/h3-13,23H,14-15H2,1-2H3,(H,30,31)/t23-/m1/s1. The minimum atomic E-state index is -1.07. The fourth-order valence-electron chi connectivity index (χ4n) is 3.61. The van der Waals surface area contributed by atoms with Crippen molar-refractivity contribution in [2.45, 2.75) is 32.9 Å². The number of nitrogens with zero attached hydrogens (tertiary/aromatic N) is 1. The maximum atomic E-state index is 13.6. The van der Waals surface area contributed by atoms with Crippen molar-refractivity contribution in [2.24, 2.45) is 0 Å². The number of hydrogen-bond acceptors (Lipinski definition) is 2. The number of benzene rings is 3. The van der Waals surface area contributed by atoms with Gasteiger partial charge >= 0.3 is 5.97 Å². The van der Waals surface area contributed by atoms with E-state index in [1.807, 2.05) is 49.4 Å². The Hall–Kier alpha value is -2.82. The van der Waals surface area contributed by atoms with E-state index < -0.39 is 12.0 Å². The molecule has 3 aromatic carbocycles. The topological polar surface area (TPSA) is 57.6 Å². The molecule has 0 fully saturated rings. The molecule has 3 aromatic rings. The minimum Gasteiger partial charge on any atom is -0.480 e. The molecule has 31 heavy (non-hydrogen) atoms. The molecule has 1 atom stereocenters. The summed E-state index contributed by atoms with van der Waals surface area (Å²) in [6.45, 7) is 3.81. The Balaban J connectivity index is 2.04. The van der Waals surface area contributed by atoms with E-state index in [4.69, 9.17) is 23.2 Å². The monoisotopic (exact) mass is 455 g/mol. The molecule has 0 bridgehead atoms. The highest BCUT2D eigenvalue weighted by Gasteiger charge is 2.31. The number of carboxylic acid groups (broad SMARTS) is 1. The maximum Gasteiger partial charge on any atom is 0.326 e. The number of carbonyl (C=O) groups is 2. The van der Waals surface area contributed by atoms with Crippen LogP contribution in [0.5, 0.6) is 0 Å². The Bertz CT molecular complexity index is 1080. The molecule has 0 aliphatic rings. The molecule has 0 aliphatic carbocycles. The fourth-order valence-corrected chi connectivity index (χ4v) is 4.15. The molecule has 0 spiro atoms. The van der Waals surface area contributed by atoms with Crippen LogP contribution < -0.4 is 0 Å². The highest BCUT2D eigenvalue weighted by Crippen LogP contribution is 2.23. The van der Waals surface area contributed by atoms with Crippen LogP contribution in [0.3, 0.4) is 0 Å². The molecule has 0 radical (unpaired) electrons. The van der Waals surface area contributed by atoms with Crippen molar-refractivity contribution < 1.29 is 14.7 Å². The Morgan fingerprint density at radius 3 is 2.23 bits per heavy atom. The zero-order valence-electron chi connectivity index (χ0n) is 17.3. The van der Waals surface area contributed by atoms with Gasteiger partial charge in [-0.1, -0.05) is 59.6 Å². The highest BCUT2D eigenvalue weighted by molar-refractivity contribution is 6.31. The van der Waals surface area contributed by atoms with Crippen molar-refractivity contribution in [3.63, 3.8) is 0 Å². The molecule has 4 nitrogen and oxygen atoms in total. The predicted octanol–water partition coefficient (Wildman–Crippen LogP) is 5.95. The fraction of sp³-hybridized carbons (Fsp3) is 0.200. The molecule has 160 valence electrons. The van der Waals surface area contributed by atoms with Gasteiger partial charge < -0.3 is 10.0 Å². The quantitative estimate of drug-likeness (QED) is 0.478. The summed E-state index contributed by atoms with van der Waals surface area (Å²) >= 11 is 12.3. The average Bonchev–Trinajstić information content (AvgIpc) is 2.70. The van der Waals surface area contributed by atoms with Gasteiger partial charge in [0.1, 0.15) is 6.04 Å². The van der Waals surface area contributed by atoms with Crippen molar-refractivity contribution in [2.75, 3.05) is 0 Å². The number of aryl methyl sites for hydroxylation is 2. The van der Waals surface area contributed by atoms with Crippen LogP contribution in [0.15, 0.2) is 66.7 Å². The lowest BCUT2D eigenvalue weighted by Gasteiger charge is -2.30. The average molecular weight is 456 g/mol. The van der Waals surface area contributed by atoms with E-state index in [1.165, 1.54) is 4.90 Å². The summed E-state index contributed by atoms with van der Waals surface area (Å²) in [5.41, 5.74) is 3.65. The molecule has 0 unspecified atom stereocenters. The Kier molecular flexibility index (Phi) is 7.37. The SMILES string of the molecule is Cc1cc(Cl)cc(CN(C(=O)c2ccc(Cl)cc2C)[C@H](Cc2ccccc2)C(=O)O)c1. The molecule has 0 saturated heterocycles. The van der Waals surface area contributed by atoms with Crippen LogP contribution in [-0.2, 0) is 17.8 Å². The summed E-state index contributed by atoms with van der Waals surface area (Å²) < 4.78 is 0. The van der Waals surface area contributed by atoms with E-state index in [0.29, 0.717) is 21.2 Å². The minimum absolute atomic E-state index is 0.117. The first-order chi connectivity index (χ1) is 14.7. The summed E-state index contributed by atoms with van der Waals surface area (Å²) in [7, 11) is 0. The van der Waals surface area contributed by atoms with E-state index in [-0.39, 0.29) is 18.9 Å². The third-order valence-corrected chi connectivity index (χ3v) is 5.52. The Labute approximate surface area is 192 Å². The molecule has 1 amide bonds. The van der Waals surface area contributed by atoms with Gasteiger partial charge in [0.2, 0.25) is 0 Å². The smallest absolute Gasteiger partial charge is 0.326 e. The van der Waals surface area contributed by atoms with Gasteiger partial charge in [-0.05, 0) is 66.4 Å². The van der Waals surface area contributed by atoms with Crippen LogP contribution in [-0.4, -0.2) is 27.9 Å². The van der Waals surface area contributed by atoms with Crippen molar-refractivity contribution in [1.29, 1.82) is 0 Å². The van der Waals surface area contributed by atoms with Gasteiger partial charge in [0, 0.05) is 28.6 Å². The van der Waals surface area contributed by atoms with Gasteiger partial charge in [0.15, 0.2) is 0 Å². The second-order valence-electron chi connectivity index (χ2n) is 7.57. The van der Waals surface area contributed by atoms with Crippen molar-refractivity contribution >= 4 is 35.1 Å². The summed E-state index contributed by atoms with van der Waals surface area (Å²) in [5.74, 6) is -1.43. The van der Waals surface area contributed by atoms with Crippen molar-refractivity contribution in [3.8, 4) is 0 Å². The number of hydrogen-bond donors (Lipinski definition) is 1. The third-order valence-electron chi connectivity index (χ3n) is 5.07. The number of rotatable bonds is 7. The lowest BCUT2D eigenvalue weighted by Crippen LogP contribution is -2.46. The van der Waals surface area contributed by atoms with E-state index in [2.05, 4.69) is 0 Å². The van der Waals surface area contributed by atoms with Gasteiger partial charge in [-0.25, -0.2) is 4.79 Å². The first kappa shape index (κ1) is 22.9. The molecular weight excluding hydrogens is 433 g/mol. The number of halogens is 2. The molecule has 0 heterocycles. The van der Waals surface area contributed by atoms with Crippen LogP contribution in [0.4, 0.5) is 0 Å². The third kappa shape index (κ3) is 5.87. The van der Waals surface area contributed by atoms with E-state index in [1.54, 1.807) is 31.2 Å². The van der Waals surface area contributed by atoms with Gasteiger partial charge in [0.05, 0.1) is 0 Å². The van der Waals surface area contributed by atoms with Gasteiger partial charge in [-0.3, -0.25) is 4.79 Å². The molecule has 0 aromatic heterocycles. The summed E-state index contributed by atoms with van der Waals surface area (Å²) in [6, 6.07) is 18.7. The van der Waals surface area contributed by atoms with E-state index in [9.17, 15) is 14.7 Å². The van der Waals surface area contributed by atoms with Gasteiger partial charge in [-0.2, -0.15) is 0 Å². The second kappa shape index (κ2) is 9.99. The van der Waals surface area contributed by atoms with Gasteiger partial charge in [-0.15, -0.1) is 0 Å². The summed E-state index contributed by atoms with van der Waals surface area (Å²) in [6.07, 6.45) is 0.189. The normalized spacial score (nSPS) is 11.7. The van der Waals surface area contributed by atoms with Crippen LogP contribution in [0.1, 0.15) is 32.6 Å². The van der Waals surface area contributed by atoms with Crippen LogP contribution >= 0.6 is 23.2 Å². The van der Waals surface area contributed by atoms with Crippen LogP contribution in [0.25, 0.3) is 0 Å². The second-order valence-corrected chi connectivity index (χ2v) is 8.45. The van der Waals surface area contributed by atoms with Crippen molar-refractivity contribution in [1.82, 2.24) is 4.90 Å². The molecular formula is C25H23Cl2NO3. The largest absolute Gasteiger partial charge is 0.480 e. The number of amides is 1. The highest BCUT2D eigenvalue weighted by atomic mass is 35.5. The Morgan fingerprint density at radius 2 is 1.61 bits per heavy atom. The van der Waals surface area contributed by atoms with E-state index >= 15 is 0 Å². The molecule has 3 rings (SSSR count). The lowest BCUT2D eigenvalue weighted by atomic mass is 10.0. The predicted molar refractivity (Wildman–Crippen MR) is 124 cm³/mol. The number of carboxylic acids is 1. The van der Waals surface area contributed by atoms with Crippen LogP contribution in [0, 0.1) is 13.8 Å². The summed E-state index contributed by atoms with van der Waals surface area (Å²) in [5, 5.41) is 11.1. The van der Waals surface area contributed by atoms with E-state index in [0.717, 1.165) is 16.7 Å². The first-order valence-corrected chi connectivity index (χ1v) is 10.6. The lowest BCUT2D eigenvalue weighted by molar-refractivity contribution is -0.142. The van der Waals surface area contributed by atoms with Crippen LogP contribution in [0.2, 0.25) is 10.0 Å². The molecule has 6 heteroatoms. The van der Waals surface area contributed by atoms with Crippen molar-refractivity contribution in [3.05, 3.63) is 105 Å². The summed E-state index contributed by atoms with van der Waals surface area (Å²) in [4.78, 5) is 27.3. The zero-order chi connectivity index (χ0) is 22.5. The molecule has 0 aliphatic heterocycles. The first-order valence-electron chi connectivity index (χ1n) is 9.84. The Morgan fingerprint density at radius 1 is 0.903 bits per heavy atom. The maximum absolute atomic E-state index is 13.6. The van der Waals surface area contributed by atoms with Gasteiger partial charge in [0.25, 0.3) is 5.91 Å².